The van der Waals surface area contributed by atoms with E-state index in [1.165, 1.54) is 34.1 Å². The number of hydrogen-bond acceptors (Lipinski definition) is 4. The van der Waals surface area contributed by atoms with E-state index in [4.69, 9.17) is 0 Å². The van der Waals surface area contributed by atoms with Crippen molar-refractivity contribution in [2.45, 2.75) is 31.9 Å². The van der Waals surface area contributed by atoms with Gasteiger partial charge in [0.05, 0.1) is 5.56 Å². The largest absolute Gasteiger partial charge is 0.416 e. The molecule has 0 saturated carbocycles. The van der Waals surface area contributed by atoms with Crippen molar-refractivity contribution in [2.75, 3.05) is 5.32 Å². The number of alkyl halides is 3. The zero-order chi connectivity index (χ0) is 19.2. The van der Waals surface area contributed by atoms with Crippen LogP contribution in [0.2, 0.25) is 0 Å². The lowest BCUT2D eigenvalue weighted by Crippen LogP contribution is -2.27. The fourth-order valence-corrected chi connectivity index (χ4v) is 4.36. The van der Waals surface area contributed by atoms with E-state index in [9.17, 15) is 22.8 Å². The lowest BCUT2D eigenvalue weighted by molar-refractivity contribution is -0.137. The molecule has 9 heteroatoms. The van der Waals surface area contributed by atoms with Crippen molar-refractivity contribution in [3.8, 4) is 0 Å². The first-order chi connectivity index (χ1) is 12.8. The minimum Gasteiger partial charge on any atom is -0.322 e. The Morgan fingerprint density at radius 1 is 1.22 bits per heavy atom. The highest BCUT2D eigenvalue weighted by Crippen LogP contribution is 2.31. The van der Waals surface area contributed by atoms with E-state index in [0.29, 0.717) is 4.96 Å². The summed E-state index contributed by atoms with van der Waals surface area (Å²) in [5.41, 5.74) is -0.725. The van der Waals surface area contributed by atoms with E-state index in [2.05, 4.69) is 10.3 Å². The molecule has 0 aliphatic heterocycles. The molecular formula is C18H14F3N3O2S. The zero-order valence-corrected chi connectivity index (χ0v) is 14.8. The monoisotopic (exact) mass is 393 g/mol. The van der Waals surface area contributed by atoms with Gasteiger partial charge in [0.1, 0.15) is 5.56 Å². The van der Waals surface area contributed by atoms with E-state index in [0.717, 1.165) is 48.4 Å². The second-order valence-corrected chi connectivity index (χ2v) is 7.37. The number of nitrogens with one attached hydrogen (secondary N) is 1. The predicted molar refractivity (Wildman–Crippen MR) is 95.4 cm³/mol. The normalized spacial score (nSPS) is 14.2. The first-order valence-electron chi connectivity index (χ1n) is 8.35. The van der Waals surface area contributed by atoms with Gasteiger partial charge in [-0.1, -0.05) is 6.07 Å². The molecular weight excluding hydrogens is 379 g/mol. The van der Waals surface area contributed by atoms with Crippen LogP contribution in [0.3, 0.4) is 0 Å². The molecule has 0 spiro atoms. The number of rotatable bonds is 2. The molecule has 1 N–H and O–H groups in total. The van der Waals surface area contributed by atoms with Crippen molar-refractivity contribution < 1.29 is 18.0 Å². The highest BCUT2D eigenvalue weighted by Gasteiger charge is 2.30. The number of carbonyl (C=O) groups is 1. The van der Waals surface area contributed by atoms with Crippen molar-refractivity contribution >= 4 is 27.9 Å². The number of anilines is 1. The molecule has 0 saturated heterocycles. The summed E-state index contributed by atoms with van der Waals surface area (Å²) in [6, 6.07) is 4.27. The van der Waals surface area contributed by atoms with Gasteiger partial charge >= 0.3 is 6.18 Å². The van der Waals surface area contributed by atoms with Gasteiger partial charge in [-0.3, -0.25) is 14.0 Å². The highest BCUT2D eigenvalue weighted by atomic mass is 32.1. The first-order valence-corrected chi connectivity index (χ1v) is 9.17. The molecule has 2 heterocycles. The summed E-state index contributed by atoms with van der Waals surface area (Å²) in [6.45, 7) is 0. The number of carbonyl (C=O) groups excluding carboxylic acids is 1. The number of nitrogens with zero attached hydrogens (tertiary/aromatic N) is 2. The minimum atomic E-state index is -4.52. The summed E-state index contributed by atoms with van der Waals surface area (Å²) in [4.78, 5) is 31.1. The van der Waals surface area contributed by atoms with Crippen LogP contribution in [0.25, 0.3) is 4.96 Å². The molecule has 4 rings (SSSR count). The number of thiazole rings is 1. The highest BCUT2D eigenvalue weighted by molar-refractivity contribution is 7.17. The van der Waals surface area contributed by atoms with Gasteiger partial charge in [0.2, 0.25) is 0 Å². The summed E-state index contributed by atoms with van der Waals surface area (Å²) in [5.74, 6) is -0.781. The van der Waals surface area contributed by atoms with Crippen molar-refractivity contribution in [3.05, 3.63) is 62.5 Å². The molecule has 1 aliphatic carbocycles. The average Bonchev–Trinajstić information content (AvgIpc) is 3.00. The molecule has 2 aromatic heterocycles. The number of halogens is 3. The fraction of sp³-hybridized carbons (Fsp3) is 0.278. The number of aryl methyl sites for hydroxylation is 2. The van der Waals surface area contributed by atoms with Gasteiger partial charge in [-0.2, -0.15) is 13.2 Å². The predicted octanol–water partition coefficient (Wildman–Crippen LogP) is 3.91. The SMILES string of the molecule is O=C(Nc1cccc(C(F)(F)F)c1)c1cnc2sc3c(n2c1=O)CCCC3. The van der Waals surface area contributed by atoms with Gasteiger partial charge < -0.3 is 5.32 Å². The third kappa shape index (κ3) is 3.23. The second kappa shape index (κ2) is 6.49. The number of amides is 1. The van der Waals surface area contributed by atoms with E-state index >= 15 is 0 Å². The molecule has 0 unspecified atom stereocenters. The van der Waals surface area contributed by atoms with Gasteiger partial charge in [0.15, 0.2) is 4.96 Å². The fourth-order valence-electron chi connectivity index (χ4n) is 3.20. The van der Waals surface area contributed by atoms with Crippen LogP contribution in [-0.2, 0) is 19.0 Å². The lowest BCUT2D eigenvalue weighted by atomic mass is 10.0. The van der Waals surface area contributed by atoms with Crippen molar-refractivity contribution in [1.29, 1.82) is 0 Å². The van der Waals surface area contributed by atoms with Crippen LogP contribution in [0.4, 0.5) is 18.9 Å². The Balaban J connectivity index is 1.69. The Kier molecular flexibility index (Phi) is 4.26. The van der Waals surface area contributed by atoms with E-state index in [-0.39, 0.29) is 11.3 Å². The van der Waals surface area contributed by atoms with Gasteiger partial charge in [-0.25, -0.2) is 4.98 Å². The van der Waals surface area contributed by atoms with Crippen LogP contribution < -0.4 is 10.9 Å². The second-order valence-electron chi connectivity index (χ2n) is 6.31. The molecule has 1 aromatic carbocycles. The Morgan fingerprint density at radius 3 is 2.78 bits per heavy atom. The Bertz CT molecular complexity index is 1100. The number of hydrogen-bond donors (Lipinski definition) is 1. The summed E-state index contributed by atoms with van der Waals surface area (Å²) in [6.07, 6.45) is 0.312. The van der Waals surface area contributed by atoms with Gasteiger partial charge in [0.25, 0.3) is 11.5 Å². The van der Waals surface area contributed by atoms with Crippen LogP contribution in [-0.4, -0.2) is 15.3 Å². The molecule has 0 bridgehead atoms. The van der Waals surface area contributed by atoms with Crippen LogP contribution in [0.15, 0.2) is 35.3 Å². The van der Waals surface area contributed by atoms with E-state index in [1.807, 2.05) is 0 Å². The molecule has 1 aliphatic rings. The number of fused-ring (bicyclic) bond motifs is 3. The Morgan fingerprint density at radius 2 is 2.00 bits per heavy atom. The number of aromatic nitrogens is 2. The summed E-state index contributed by atoms with van der Waals surface area (Å²) in [5, 5.41) is 2.36. The molecule has 5 nitrogen and oxygen atoms in total. The van der Waals surface area contributed by atoms with Gasteiger partial charge in [0, 0.05) is 22.5 Å². The maximum atomic E-state index is 12.8. The third-order valence-corrected chi connectivity index (χ3v) is 5.65. The smallest absolute Gasteiger partial charge is 0.322 e. The maximum Gasteiger partial charge on any atom is 0.416 e. The zero-order valence-electron chi connectivity index (χ0n) is 14.0. The van der Waals surface area contributed by atoms with Crippen molar-refractivity contribution in [1.82, 2.24) is 9.38 Å². The topological polar surface area (TPSA) is 63.5 Å². The molecule has 3 aromatic rings. The molecule has 0 radical (unpaired) electrons. The summed E-state index contributed by atoms with van der Waals surface area (Å²) in [7, 11) is 0. The average molecular weight is 393 g/mol. The molecule has 140 valence electrons. The number of benzene rings is 1. The first kappa shape index (κ1) is 17.7. The maximum absolute atomic E-state index is 12.8. The molecule has 1 amide bonds. The summed E-state index contributed by atoms with van der Waals surface area (Å²) >= 11 is 1.44. The van der Waals surface area contributed by atoms with Crippen molar-refractivity contribution in [3.63, 3.8) is 0 Å². The van der Waals surface area contributed by atoms with E-state index in [1.54, 1.807) is 0 Å². The standard InChI is InChI=1S/C18H14F3N3O2S/c19-18(20,21)10-4-3-5-11(8-10)23-15(25)12-9-22-17-24(16(12)26)13-6-1-2-7-14(13)27-17/h3-5,8-9H,1-2,6-7H2,(H,23,25). The molecule has 0 fully saturated rings. The minimum absolute atomic E-state index is 0.0355. The molecule has 0 atom stereocenters. The van der Waals surface area contributed by atoms with Gasteiger partial charge in [-0.05, 0) is 43.9 Å². The summed E-state index contributed by atoms with van der Waals surface area (Å²) < 4.78 is 39.9. The van der Waals surface area contributed by atoms with Crippen LogP contribution in [0, 0.1) is 0 Å². The van der Waals surface area contributed by atoms with Crippen LogP contribution in [0.5, 0.6) is 0 Å². The lowest BCUT2D eigenvalue weighted by Gasteiger charge is -2.11. The van der Waals surface area contributed by atoms with E-state index < -0.39 is 23.2 Å². The van der Waals surface area contributed by atoms with Crippen LogP contribution >= 0.6 is 11.3 Å². The quantitative estimate of drug-likeness (QED) is 0.718. The van der Waals surface area contributed by atoms with Gasteiger partial charge in [-0.15, -0.1) is 11.3 Å². The van der Waals surface area contributed by atoms with Crippen LogP contribution in [0.1, 0.15) is 39.3 Å². The Hall–Kier alpha value is -2.68. The van der Waals surface area contributed by atoms with Crippen molar-refractivity contribution in [2.24, 2.45) is 0 Å². The Labute approximate surface area is 155 Å². The third-order valence-electron chi connectivity index (χ3n) is 4.49. The molecule has 27 heavy (non-hydrogen) atoms.